The molecule has 2 aromatic rings. The molecule has 2 saturated heterocycles. The smallest absolute Gasteiger partial charge is 0.318 e. The van der Waals surface area contributed by atoms with E-state index in [-0.39, 0.29) is 18.4 Å². The van der Waals surface area contributed by atoms with Crippen LogP contribution in [0.1, 0.15) is 42.5 Å². The molecule has 0 bridgehead atoms. The number of amides is 1. The highest BCUT2D eigenvalue weighted by Crippen LogP contribution is 2.38. The summed E-state index contributed by atoms with van der Waals surface area (Å²) < 4.78 is 11.8. The molecule has 0 spiro atoms. The molecule has 3 atom stereocenters. The van der Waals surface area contributed by atoms with Crippen LogP contribution in [0, 0.1) is 11.3 Å². The normalized spacial score (nSPS) is 23.7. The molecule has 0 N–H and O–H groups in total. The Bertz CT molecular complexity index is 1370. The van der Waals surface area contributed by atoms with Gasteiger partial charge in [-0.05, 0) is 63.4 Å². The van der Waals surface area contributed by atoms with Crippen molar-refractivity contribution >= 4 is 17.4 Å². The van der Waals surface area contributed by atoms with Crippen molar-refractivity contribution in [3.8, 4) is 17.8 Å². The van der Waals surface area contributed by atoms with E-state index in [4.69, 9.17) is 19.4 Å². The molecule has 3 unspecified atom stereocenters. The van der Waals surface area contributed by atoms with Crippen molar-refractivity contribution in [2.75, 3.05) is 63.3 Å². The molecule has 1 aromatic carbocycles. The fourth-order valence-corrected chi connectivity index (χ4v) is 7.13. The minimum absolute atomic E-state index is 0.130. The lowest BCUT2D eigenvalue weighted by Gasteiger charge is -2.42. The van der Waals surface area contributed by atoms with Crippen molar-refractivity contribution in [2.45, 2.75) is 63.1 Å². The van der Waals surface area contributed by atoms with E-state index in [0.717, 1.165) is 62.5 Å². The van der Waals surface area contributed by atoms with E-state index in [1.807, 2.05) is 6.07 Å². The van der Waals surface area contributed by atoms with Gasteiger partial charge in [0.2, 0.25) is 5.91 Å². The second-order valence-corrected chi connectivity index (χ2v) is 11.9. The number of carbonyl (C=O) groups is 1. The van der Waals surface area contributed by atoms with Gasteiger partial charge in [0, 0.05) is 62.0 Å². The third-order valence-electron chi connectivity index (χ3n) is 9.51. The molecule has 222 valence electrons. The highest BCUT2D eigenvalue weighted by Gasteiger charge is 2.36. The van der Waals surface area contributed by atoms with Gasteiger partial charge in [-0.15, -0.1) is 0 Å². The molecule has 0 radical (unpaired) electrons. The Morgan fingerprint density at radius 1 is 1.17 bits per heavy atom. The minimum Gasteiger partial charge on any atom is -0.497 e. The molecule has 6 rings (SSSR count). The number of hydrogen-bond donors (Lipinski definition) is 0. The lowest BCUT2D eigenvalue weighted by atomic mass is 9.90. The van der Waals surface area contributed by atoms with Crippen LogP contribution in [-0.4, -0.2) is 97.3 Å². The average Bonchev–Trinajstić information content (AvgIpc) is 3.64. The highest BCUT2D eigenvalue weighted by molar-refractivity contribution is 5.87. The molecule has 4 heterocycles. The van der Waals surface area contributed by atoms with E-state index < -0.39 is 0 Å². The van der Waals surface area contributed by atoms with Crippen LogP contribution >= 0.6 is 0 Å². The molecular weight excluding hydrogens is 530 g/mol. The number of benzene rings is 1. The number of piperazine rings is 1. The standard InChI is InChI=1S/C32H41N7O3/c1-4-30(40)39-17-16-37(20-24(39)11-13-33)31-27-10-8-23(38-15-12-22-7-9-26(41-3)19-29(22)38)18-28(27)34-32(35-31)42-21-25-6-5-14-36(25)2/h4,7,9,19,23-25H,1,5-6,8,10-12,14-18,20-21H2,2-3H3. The van der Waals surface area contributed by atoms with E-state index in [1.54, 1.807) is 12.0 Å². The SMILES string of the molecule is C=CC(=O)N1CCN(c2nc(OCC3CCCN3C)nc3c2CCC(N2CCc4ccc(OC)cc42)C3)CC1CC#N. The first-order valence-electron chi connectivity index (χ1n) is 15.2. The molecular formula is C32H41N7O3. The van der Waals surface area contributed by atoms with E-state index in [0.29, 0.717) is 44.3 Å². The van der Waals surface area contributed by atoms with Crippen molar-refractivity contribution < 1.29 is 14.3 Å². The van der Waals surface area contributed by atoms with Crippen LogP contribution in [0.15, 0.2) is 30.9 Å². The molecule has 1 aromatic heterocycles. The molecule has 0 saturated carbocycles. The van der Waals surface area contributed by atoms with Crippen LogP contribution in [0.2, 0.25) is 0 Å². The largest absolute Gasteiger partial charge is 0.497 e. The fraction of sp³-hybridized carbons (Fsp3) is 0.562. The number of nitriles is 1. The van der Waals surface area contributed by atoms with Gasteiger partial charge in [-0.2, -0.15) is 15.2 Å². The zero-order chi connectivity index (χ0) is 29.2. The molecule has 42 heavy (non-hydrogen) atoms. The number of methoxy groups -OCH3 is 1. The number of aromatic nitrogens is 2. The Morgan fingerprint density at radius 3 is 2.81 bits per heavy atom. The highest BCUT2D eigenvalue weighted by atomic mass is 16.5. The molecule has 1 aliphatic carbocycles. The van der Waals surface area contributed by atoms with Gasteiger partial charge in [0.05, 0.1) is 31.3 Å². The van der Waals surface area contributed by atoms with Crippen LogP contribution in [-0.2, 0) is 24.1 Å². The minimum atomic E-state index is -0.219. The van der Waals surface area contributed by atoms with Gasteiger partial charge in [-0.3, -0.25) is 4.79 Å². The number of likely N-dealkylation sites (tertiary alicyclic amines) is 1. The fourth-order valence-electron chi connectivity index (χ4n) is 7.13. The summed E-state index contributed by atoms with van der Waals surface area (Å²) in [5.41, 5.74) is 4.84. The summed E-state index contributed by atoms with van der Waals surface area (Å²) in [6.07, 6.45) is 7.62. The third kappa shape index (κ3) is 5.50. The van der Waals surface area contributed by atoms with Gasteiger partial charge >= 0.3 is 6.01 Å². The van der Waals surface area contributed by atoms with Crippen LogP contribution < -0.4 is 19.3 Å². The Hall–Kier alpha value is -3.84. The van der Waals surface area contributed by atoms with Gasteiger partial charge in [0.15, 0.2) is 0 Å². The molecule has 2 fully saturated rings. The third-order valence-corrected chi connectivity index (χ3v) is 9.51. The molecule has 3 aliphatic heterocycles. The van der Waals surface area contributed by atoms with E-state index in [1.165, 1.54) is 29.3 Å². The second kappa shape index (κ2) is 12.2. The predicted octanol–water partition coefficient (Wildman–Crippen LogP) is 3.00. The monoisotopic (exact) mass is 571 g/mol. The first kappa shape index (κ1) is 28.3. The number of rotatable bonds is 8. The van der Waals surface area contributed by atoms with Crippen molar-refractivity contribution in [1.82, 2.24) is 19.8 Å². The Kier molecular flexibility index (Phi) is 8.20. The van der Waals surface area contributed by atoms with Gasteiger partial charge in [0.25, 0.3) is 0 Å². The first-order valence-corrected chi connectivity index (χ1v) is 15.2. The Labute approximate surface area is 248 Å². The molecule has 10 nitrogen and oxygen atoms in total. The number of fused-ring (bicyclic) bond motifs is 2. The number of likely N-dealkylation sites (N-methyl/N-ethyl adjacent to an activating group) is 1. The maximum absolute atomic E-state index is 12.5. The summed E-state index contributed by atoms with van der Waals surface area (Å²) in [4.78, 5) is 31.4. The van der Waals surface area contributed by atoms with Crippen molar-refractivity contribution in [3.05, 3.63) is 47.7 Å². The summed E-state index contributed by atoms with van der Waals surface area (Å²) in [5.74, 6) is 1.65. The molecule has 1 amide bonds. The topological polar surface area (TPSA) is 98.1 Å². The number of anilines is 2. The van der Waals surface area contributed by atoms with Gasteiger partial charge in [0.1, 0.15) is 18.2 Å². The predicted molar refractivity (Wildman–Crippen MR) is 161 cm³/mol. The Morgan fingerprint density at radius 2 is 2.05 bits per heavy atom. The maximum atomic E-state index is 12.5. The first-order chi connectivity index (χ1) is 20.5. The van der Waals surface area contributed by atoms with Gasteiger partial charge in [-0.1, -0.05) is 12.6 Å². The maximum Gasteiger partial charge on any atom is 0.318 e. The van der Waals surface area contributed by atoms with Crippen molar-refractivity contribution in [3.63, 3.8) is 0 Å². The lowest BCUT2D eigenvalue weighted by Crippen LogP contribution is -2.55. The second-order valence-electron chi connectivity index (χ2n) is 11.9. The number of nitrogens with zero attached hydrogens (tertiary/aromatic N) is 7. The van der Waals surface area contributed by atoms with Gasteiger partial charge in [-0.25, -0.2) is 0 Å². The summed E-state index contributed by atoms with van der Waals surface area (Å²) in [5, 5.41) is 9.52. The van der Waals surface area contributed by atoms with Gasteiger partial charge < -0.3 is 29.1 Å². The zero-order valence-electron chi connectivity index (χ0n) is 24.8. The zero-order valence-corrected chi connectivity index (χ0v) is 24.8. The average molecular weight is 572 g/mol. The lowest BCUT2D eigenvalue weighted by molar-refractivity contribution is -0.128. The van der Waals surface area contributed by atoms with Crippen LogP contribution in [0.25, 0.3) is 0 Å². The van der Waals surface area contributed by atoms with E-state index in [9.17, 15) is 10.1 Å². The van der Waals surface area contributed by atoms with E-state index in [2.05, 4.69) is 46.5 Å². The van der Waals surface area contributed by atoms with Crippen LogP contribution in [0.4, 0.5) is 11.5 Å². The van der Waals surface area contributed by atoms with Crippen LogP contribution in [0.5, 0.6) is 11.8 Å². The number of ether oxygens (including phenoxy) is 2. The van der Waals surface area contributed by atoms with Crippen LogP contribution in [0.3, 0.4) is 0 Å². The molecule has 4 aliphatic rings. The number of hydrogen-bond acceptors (Lipinski definition) is 9. The number of carbonyl (C=O) groups excluding carboxylic acids is 1. The summed E-state index contributed by atoms with van der Waals surface area (Å²) in [6, 6.07) is 9.57. The summed E-state index contributed by atoms with van der Waals surface area (Å²) in [6.45, 7) is 8.01. The summed E-state index contributed by atoms with van der Waals surface area (Å²) in [7, 11) is 3.86. The van der Waals surface area contributed by atoms with Crippen molar-refractivity contribution in [2.24, 2.45) is 0 Å². The summed E-state index contributed by atoms with van der Waals surface area (Å²) >= 11 is 0. The Balaban J connectivity index is 1.29. The molecule has 10 heteroatoms. The quantitative estimate of drug-likeness (QED) is 0.443. The van der Waals surface area contributed by atoms with E-state index >= 15 is 0 Å². The van der Waals surface area contributed by atoms with Crippen molar-refractivity contribution in [1.29, 1.82) is 5.26 Å².